The van der Waals surface area contributed by atoms with E-state index in [2.05, 4.69) is 13.8 Å². The van der Waals surface area contributed by atoms with Crippen LogP contribution in [0.15, 0.2) is 88.5 Å². The van der Waals surface area contributed by atoms with E-state index in [9.17, 15) is 14.7 Å². The van der Waals surface area contributed by atoms with Gasteiger partial charge in [0, 0.05) is 5.39 Å². The normalized spacial score (nSPS) is 16.1. The van der Waals surface area contributed by atoms with E-state index < -0.39 is 23.5 Å². The molecule has 7 heteroatoms. The minimum Gasteiger partial charge on any atom is -0.503 e. The maximum Gasteiger partial charge on any atom is 0.296 e. The van der Waals surface area contributed by atoms with Crippen molar-refractivity contribution in [3.8, 4) is 0 Å². The number of furan rings is 1. The van der Waals surface area contributed by atoms with Gasteiger partial charge in [-0.3, -0.25) is 14.5 Å². The quantitative estimate of drug-likeness (QED) is 0.253. The monoisotopic (exact) mass is 508 g/mol. The predicted molar refractivity (Wildman–Crippen MR) is 145 cm³/mol. The summed E-state index contributed by atoms with van der Waals surface area (Å²) in [6.07, 6.45) is 0. The molecule has 6 nitrogen and oxygen atoms in total. The minimum absolute atomic E-state index is 0.0169. The topological polar surface area (TPSA) is 83.6 Å². The largest absolute Gasteiger partial charge is 0.503 e. The van der Waals surface area contributed by atoms with Gasteiger partial charge in [0.25, 0.3) is 5.91 Å². The molecule has 0 radical (unpaired) electrons. The highest BCUT2D eigenvalue weighted by molar-refractivity contribution is 7.22. The number of aromatic nitrogens is 1. The molecule has 0 bridgehead atoms. The average molecular weight is 509 g/mol. The fourth-order valence-corrected chi connectivity index (χ4v) is 5.85. The molecule has 1 amide bonds. The maximum atomic E-state index is 13.8. The number of ketones is 1. The van der Waals surface area contributed by atoms with Gasteiger partial charge >= 0.3 is 0 Å². The van der Waals surface area contributed by atoms with Crippen molar-refractivity contribution in [2.24, 2.45) is 0 Å². The lowest BCUT2D eigenvalue weighted by Crippen LogP contribution is -2.31. The molecule has 2 aromatic heterocycles. The minimum atomic E-state index is -0.851. The number of nitrogens with zero attached hydrogens (tertiary/aromatic N) is 2. The zero-order valence-electron chi connectivity index (χ0n) is 20.6. The van der Waals surface area contributed by atoms with Crippen LogP contribution in [0.25, 0.3) is 21.2 Å². The van der Waals surface area contributed by atoms with Crippen LogP contribution in [0.3, 0.4) is 0 Å². The highest BCUT2D eigenvalue weighted by Crippen LogP contribution is 2.44. The summed E-state index contributed by atoms with van der Waals surface area (Å²) in [5, 5.41) is 12.3. The van der Waals surface area contributed by atoms with Crippen LogP contribution in [0, 0.1) is 6.92 Å². The van der Waals surface area contributed by atoms with Crippen molar-refractivity contribution in [1.82, 2.24) is 4.98 Å². The van der Waals surface area contributed by atoms with Crippen molar-refractivity contribution in [3.05, 3.63) is 107 Å². The SMILES string of the molecule is Cc1ccc2nc(N3C(=O)C(O)=C(C(=O)c4cc5ccccc5o4)C3c3ccc(C(C)C)cc3)sc2c1. The molecule has 37 heavy (non-hydrogen) atoms. The molecule has 0 spiro atoms. The maximum absolute atomic E-state index is 13.8. The molecular formula is C30H24N2O4S. The number of hydrogen-bond acceptors (Lipinski definition) is 6. The summed E-state index contributed by atoms with van der Waals surface area (Å²) in [5.41, 5.74) is 4.22. The van der Waals surface area contributed by atoms with Crippen molar-refractivity contribution < 1.29 is 19.1 Å². The van der Waals surface area contributed by atoms with Gasteiger partial charge in [0.15, 0.2) is 16.7 Å². The number of carbonyl (C=O) groups excluding carboxylic acids is 2. The van der Waals surface area contributed by atoms with E-state index in [1.165, 1.54) is 16.2 Å². The molecule has 0 saturated carbocycles. The third kappa shape index (κ3) is 3.83. The number of Topliss-reactive ketones (excluding diaryl/α,β-unsaturated/α-hetero) is 1. The Labute approximate surface area is 217 Å². The van der Waals surface area contributed by atoms with Crippen molar-refractivity contribution in [3.63, 3.8) is 0 Å². The molecule has 3 aromatic carbocycles. The first kappa shape index (κ1) is 23.2. The number of thiazole rings is 1. The molecule has 6 rings (SSSR count). The first-order valence-electron chi connectivity index (χ1n) is 12.1. The molecule has 1 aliphatic heterocycles. The van der Waals surface area contributed by atoms with Gasteiger partial charge in [0.2, 0.25) is 5.78 Å². The number of carbonyl (C=O) groups is 2. The average Bonchev–Trinajstić information content (AvgIpc) is 3.57. The summed E-state index contributed by atoms with van der Waals surface area (Å²) in [7, 11) is 0. The second-order valence-corrected chi connectivity index (χ2v) is 10.6. The second-order valence-electron chi connectivity index (χ2n) is 9.61. The van der Waals surface area contributed by atoms with E-state index in [1.54, 1.807) is 12.1 Å². The van der Waals surface area contributed by atoms with Crippen molar-refractivity contribution >= 4 is 49.3 Å². The predicted octanol–water partition coefficient (Wildman–Crippen LogP) is 7.26. The van der Waals surface area contributed by atoms with Gasteiger partial charge in [-0.25, -0.2) is 4.98 Å². The summed E-state index contributed by atoms with van der Waals surface area (Å²) < 4.78 is 6.75. The molecule has 5 aromatic rings. The molecule has 3 heterocycles. The summed E-state index contributed by atoms with van der Waals surface area (Å²) in [6.45, 7) is 6.20. The van der Waals surface area contributed by atoms with Gasteiger partial charge in [0.1, 0.15) is 5.58 Å². The summed E-state index contributed by atoms with van der Waals surface area (Å²) >= 11 is 1.36. The molecule has 1 unspecified atom stereocenters. The number of aliphatic hydroxyl groups excluding tert-OH is 1. The molecule has 1 atom stereocenters. The Bertz CT molecular complexity index is 1690. The van der Waals surface area contributed by atoms with E-state index >= 15 is 0 Å². The van der Waals surface area contributed by atoms with Gasteiger partial charge in [-0.1, -0.05) is 73.7 Å². The fourth-order valence-electron chi connectivity index (χ4n) is 4.76. The van der Waals surface area contributed by atoms with Crippen LogP contribution in [0.4, 0.5) is 5.13 Å². The van der Waals surface area contributed by atoms with Crippen molar-refractivity contribution in [2.75, 3.05) is 4.90 Å². The van der Waals surface area contributed by atoms with Crippen molar-refractivity contribution in [1.29, 1.82) is 0 Å². The Morgan fingerprint density at radius 3 is 2.54 bits per heavy atom. The number of benzene rings is 3. The summed E-state index contributed by atoms with van der Waals surface area (Å²) in [4.78, 5) is 33.5. The Kier molecular flexibility index (Phi) is 5.46. The summed E-state index contributed by atoms with van der Waals surface area (Å²) in [5.74, 6) is -1.38. The molecule has 184 valence electrons. The van der Waals surface area contributed by atoms with E-state index in [4.69, 9.17) is 9.40 Å². The van der Waals surface area contributed by atoms with Crippen molar-refractivity contribution in [2.45, 2.75) is 32.7 Å². The third-order valence-electron chi connectivity index (χ3n) is 6.76. The number of para-hydroxylation sites is 1. The molecule has 0 fully saturated rings. The van der Waals surface area contributed by atoms with Crippen LogP contribution < -0.4 is 4.90 Å². The van der Waals surface area contributed by atoms with Crippen LogP contribution in [0.1, 0.15) is 53.1 Å². The number of aryl methyl sites for hydroxylation is 1. The molecule has 0 aliphatic carbocycles. The van der Waals surface area contributed by atoms with Crippen LogP contribution in [-0.4, -0.2) is 21.8 Å². The highest BCUT2D eigenvalue weighted by Gasteiger charge is 2.46. The number of anilines is 1. The number of hydrogen-bond donors (Lipinski definition) is 1. The number of amides is 1. The molecule has 0 saturated heterocycles. The van der Waals surface area contributed by atoms with Crippen LogP contribution in [0.2, 0.25) is 0 Å². The van der Waals surface area contributed by atoms with E-state index in [1.807, 2.05) is 67.6 Å². The van der Waals surface area contributed by atoms with Gasteiger partial charge in [-0.05, 0) is 53.8 Å². The van der Waals surface area contributed by atoms with Crippen LogP contribution >= 0.6 is 11.3 Å². The standard InChI is InChI=1S/C30H24N2O4S/c1-16(2)18-9-11-19(12-10-18)26-25(27(33)23-15-20-6-4-5-7-22(20)36-23)28(34)29(35)32(26)30-31-21-13-8-17(3)14-24(21)37-30/h4-16,26,34H,1-3H3. The Balaban J connectivity index is 1.50. The van der Waals surface area contributed by atoms with E-state index in [-0.39, 0.29) is 11.3 Å². The molecule has 1 aliphatic rings. The van der Waals surface area contributed by atoms with Crippen LogP contribution in [0.5, 0.6) is 0 Å². The number of rotatable bonds is 5. The first-order valence-corrected chi connectivity index (χ1v) is 12.9. The lowest BCUT2D eigenvalue weighted by molar-refractivity contribution is -0.117. The third-order valence-corrected chi connectivity index (χ3v) is 7.78. The van der Waals surface area contributed by atoms with Crippen LogP contribution in [-0.2, 0) is 4.79 Å². The highest BCUT2D eigenvalue weighted by atomic mass is 32.1. The number of aliphatic hydroxyl groups is 1. The zero-order valence-corrected chi connectivity index (χ0v) is 21.4. The smallest absolute Gasteiger partial charge is 0.296 e. The lowest BCUT2D eigenvalue weighted by atomic mass is 9.93. The Hall–Kier alpha value is -4.23. The Morgan fingerprint density at radius 1 is 1.05 bits per heavy atom. The van der Waals surface area contributed by atoms with Gasteiger partial charge in [-0.2, -0.15) is 0 Å². The lowest BCUT2D eigenvalue weighted by Gasteiger charge is -2.24. The van der Waals surface area contributed by atoms with E-state index in [0.717, 1.165) is 26.7 Å². The number of fused-ring (bicyclic) bond motifs is 2. The molecule has 1 N–H and O–H groups in total. The first-order chi connectivity index (χ1) is 17.8. The van der Waals surface area contributed by atoms with Gasteiger partial charge in [0.05, 0.1) is 21.8 Å². The second kappa shape index (κ2) is 8.71. The van der Waals surface area contributed by atoms with E-state index in [0.29, 0.717) is 22.2 Å². The fraction of sp³-hybridized carbons (Fsp3) is 0.167. The van der Waals surface area contributed by atoms with Gasteiger partial charge in [-0.15, -0.1) is 0 Å². The molecular weight excluding hydrogens is 484 g/mol. The Morgan fingerprint density at radius 2 is 1.81 bits per heavy atom. The zero-order chi connectivity index (χ0) is 25.8. The summed E-state index contributed by atoms with van der Waals surface area (Å²) in [6, 6.07) is 21.8. The van der Waals surface area contributed by atoms with Gasteiger partial charge < -0.3 is 9.52 Å².